The molecule has 29 heavy (non-hydrogen) atoms. The lowest BCUT2D eigenvalue weighted by molar-refractivity contribution is 0.0696. The molecule has 3 aromatic rings. The number of rotatable bonds is 5. The van der Waals surface area contributed by atoms with Crippen molar-refractivity contribution >= 4 is 28.2 Å². The van der Waals surface area contributed by atoms with Gasteiger partial charge in [-0.3, -0.25) is 4.79 Å². The van der Waals surface area contributed by atoms with Crippen LogP contribution >= 0.6 is 11.3 Å². The number of carboxylic acids is 1. The first-order valence-electron chi connectivity index (χ1n) is 9.95. The minimum absolute atomic E-state index is 0.160. The third-order valence-corrected chi connectivity index (χ3v) is 7.14. The zero-order valence-electron chi connectivity index (χ0n) is 15.9. The number of nitrogens with one attached hydrogen (secondary N) is 1. The van der Waals surface area contributed by atoms with Crippen molar-refractivity contribution in [3.63, 3.8) is 0 Å². The second-order valence-electron chi connectivity index (χ2n) is 7.86. The largest absolute Gasteiger partial charge is 0.478 e. The summed E-state index contributed by atoms with van der Waals surface area (Å²) >= 11 is 1.46. The first-order valence-corrected chi connectivity index (χ1v) is 10.8. The van der Waals surface area contributed by atoms with Crippen molar-refractivity contribution in [2.24, 2.45) is 0 Å². The fraction of sp³-hybridized carbons (Fsp3) is 0.250. The summed E-state index contributed by atoms with van der Waals surface area (Å²) in [6, 6.07) is 17.3. The van der Waals surface area contributed by atoms with Gasteiger partial charge in [-0.1, -0.05) is 42.5 Å². The summed E-state index contributed by atoms with van der Waals surface area (Å²) in [5.74, 6) is -0.632. The van der Waals surface area contributed by atoms with Crippen LogP contribution in [0.4, 0.5) is 5.00 Å². The van der Waals surface area contributed by atoms with Crippen LogP contribution in [0.5, 0.6) is 0 Å². The Morgan fingerprint density at radius 3 is 2.10 bits per heavy atom. The van der Waals surface area contributed by atoms with Gasteiger partial charge in [0.2, 0.25) is 0 Å². The van der Waals surface area contributed by atoms with E-state index in [0.717, 1.165) is 36.1 Å². The topological polar surface area (TPSA) is 66.4 Å². The molecule has 0 bridgehead atoms. The van der Waals surface area contributed by atoms with E-state index in [9.17, 15) is 14.7 Å². The minimum atomic E-state index is -0.956. The Labute approximate surface area is 173 Å². The molecule has 146 valence electrons. The smallest absolute Gasteiger partial charge is 0.339 e. The SMILES string of the molecule is O=C(Nc1sc(C2CC2)c(C2Cc3ccccc3C2)c1C(=O)O)c1ccccc1. The molecule has 4 nitrogen and oxygen atoms in total. The molecule has 5 rings (SSSR count). The highest BCUT2D eigenvalue weighted by molar-refractivity contribution is 7.17. The maximum atomic E-state index is 12.7. The van der Waals surface area contributed by atoms with Crippen LogP contribution in [0.15, 0.2) is 54.6 Å². The first-order chi connectivity index (χ1) is 14.1. The summed E-state index contributed by atoms with van der Waals surface area (Å²) < 4.78 is 0. The van der Waals surface area contributed by atoms with Gasteiger partial charge in [0.05, 0.1) is 5.56 Å². The summed E-state index contributed by atoms with van der Waals surface area (Å²) in [6.07, 6.45) is 3.91. The lowest BCUT2D eigenvalue weighted by Gasteiger charge is -2.13. The van der Waals surface area contributed by atoms with Crippen molar-refractivity contribution in [1.82, 2.24) is 0 Å². The van der Waals surface area contributed by atoms with Crippen molar-refractivity contribution < 1.29 is 14.7 Å². The number of carbonyl (C=O) groups is 2. The fourth-order valence-electron chi connectivity index (χ4n) is 4.34. The lowest BCUT2D eigenvalue weighted by atomic mass is 9.91. The molecule has 0 atom stereocenters. The van der Waals surface area contributed by atoms with Crippen LogP contribution in [0.2, 0.25) is 0 Å². The Morgan fingerprint density at radius 2 is 1.52 bits per heavy atom. The molecule has 5 heteroatoms. The Hall–Kier alpha value is -2.92. The second kappa shape index (κ2) is 7.16. The molecule has 0 aliphatic heterocycles. The molecule has 2 N–H and O–H groups in total. The van der Waals surface area contributed by atoms with Crippen LogP contribution < -0.4 is 5.32 Å². The van der Waals surface area contributed by atoms with E-state index in [0.29, 0.717) is 22.0 Å². The van der Waals surface area contributed by atoms with Gasteiger partial charge in [-0.15, -0.1) is 11.3 Å². The molecule has 2 aliphatic carbocycles. The molecule has 1 fully saturated rings. The predicted molar refractivity (Wildman–Crippen MR) is 114 cm³/mol. The number of fused-ring (bicyclic) bond motifs is 1. The maximum Gasteiger partial charge on any atom is 0.339 e. The number of carboxylic acid groups (broad SMARTS) is 1. The van der Waals surface area contributed by atoms with E-state index < -0.39 is 5.97 Å². The van der Waals surface area contributed by atoms with E-state index in [1.54, 1.807) is 24.3 Å². The number of thiophene rings is 1. The Morgan fingerprint density at radius 1 is 0.897 bits per heavy atom. The Balaban J connectivity index is 1.54. The molecule has 1 saturated carbocycles. The van der Waals surface area contributed by atoms with Crippen molar-refractivity contribution in [1.29, 1.82) is 0 Å². The number of carbonyl (C=O) groups excluding carboxylic acids is 1. The molecule has 0 unspecified atom stereocenters. The Bertz CT molecular complexity index is 1070. The van der Waals surface area contributed by atoms with E-state index >= 15 is 0 Å². The third-order valence-electron chi connectivity index (χ3n) is 5.86. The fourth-order valence-corrected chi connectivity index (χ4v) is 5.79. The lowest BCUT2D eigenvalue weighted by Crippen LogP contribution is -2.14. The average Bonchev–Trinajstić information content (AvgIpc) is 3.37. The summed E-state index contributed by atoms with van der Waals surface area (Å²) in [4.78, 5) is 26.2. The van der Waals surface area contributed by atoms with Gasteiger partial charge < -0.3 is 10.4 Å². The standard InChI is InChI=1S/C24H21NO3S/c26-22(15-6-2-1-3-7-15)25-23-20(24(27)28)19(21(29-23)14-10-11-14)18-12-16-8-4-5-9-17(16)13-18/h1-9,14,18H,10-13H2,(H,25,26)(H,27,28). The number of hydrogen-bond donors (Lipinski definition) is 2. The van der Waals surface area contributed by atoms with Crippen LogP contribution in [0.25, 0.3) is 0 Å². The van der Waals surface area contributed by atoms with Gasteiger partial charge in [-0.2, -0.15) is 0 Å². The van der Waals surface area contributed by atoms with Crippen molar-refractivity contribution in [3.8, 4) is 0 Å². The summed E-state index contributed by atoms with van der Waals surface area (Å²) in [5.41, 5.74) is 4.37. The molecule has 2 aromatic carbocycles. The van der Waals surface area contributed by atoms with E-state index in [1.165, 1.54) is 22.5 Å². The molecular weight excluding hydrogens is 382 g/mol. The molecular formula is C24H21NO3S. The van der Waals surface area contributed by atoms with E-state index in [4.69, 9.17) is 0 Å². The number of hydrogen-bond acceptors (Lipinski definition) is 3. The van der Waals surface area contributed by atoms with Gasteiger partial charge in [-0.05, 0) is 66.3 Å². The number of benzene rings is 2. The van der Waals surface area contributed by atoms with Crippen molar-refractivity contribution in [2.45, 2.75) is 37.5 Å². The van der Waals surface area contributed by atoms with Gasteiger partial charge in [0.25, 0.3) is 5.91 Å². The molecule has 1 heterocycles. The maximum absolute atomic E-state index is 12.7. The van der Waals surface area contributed by atoms with Crippen LogP contribution in [0.1, 0.15) is 67.0 Å². The molecule has 2 aliphatic rings. The number of amides is 1. The van der Waals surface area contributed by atoms with Crippen LogP contribution in [-0.4, -0.2) is 17.0 Å². The summed E-state index contributed by atoms with van der Waals surface area (Å²) in [5, 5.41) is 13.4. The molecule has 0 radical (unpaired) electrons. The van der Waals surface area contributed by atoms with Gasteiger partial charge >= 0.3 is 5.97 Å². The third kappa shape index (κ3) is 3.36. The van der Waals surface area contributed by atoms with E-state index in [1.807, 2.05) is 18.2 Å². The zero-order chi connectivity index (χ0) is 20.0. The molecule has 0 saturated heterocycles. The van der Waals surface area contributed by atoms with E-state index in [-0.39, 0.29) is 11.8 Å². The predicted octanol–water partition coefficient (Wildman–Crippen LogP) is 5.46. The quantitative estimate of drug-likeness (QED) is 0.595. The van der Waals surface area contributed by atoms with Crippen molar-refractivity contribution in [3.05, 3.63) is 87.3 Å². The first kappa shape index (κ1) is 18.1. The number of anilines is 1. The highest BCUT2D eigenvalue weighted by Gasteiger charge is 2.38. The monoisotopic (exact) mass is 403 g/mol. The average molecular weight is 404 g/mol. The summed E-state index contributed by atoms with van der Waals surface area (Å²) in [7, 11) is 0. The van der Waals surface area contributed by atoms with Gasteiger partial charge in [-0.25, -0.2) is 4.79 Å². The van der Waals surface area contributed by atoms with Gasteiger partial charge in [0.1, 0.15) is 5.00 Å². The van der Waals surface area contributed by atoms with E-state index in [2.05, 4.69) is 17.4 Å². The Kier molecular flexibility index (Phi) is 4.47. The highest BCUT2D eigenvalue weighted by atomic mass is 32.1. The van der Waals surface area contributed by atoms with Gasteiger partial charge in [0.15, 0.2) is 0 Å². The molecule has 0 spiro atoms. The van der Waals surface area contributed by atoms with Crippen LogP contribution in [-0.2, 0) is 12.8 Å². The van der Waals surface area contributed by atoms with Crippen LogP contribution in [0.3, 0.4) is 0 Å². The van der Waals surface area contributed by atoms with Crippen molar-refractivity contribution in [2.75, 3.05) is 5.32 Å². The normalized spacial score (nSPS) is 15.9. The van der Waals surface area contributed by atoms with Crippen LogP contribution in [0, 0.1) is 0 Å². The second-order valence-corrected chi connectivity index (χ2v) is 8.91. The molecule has 1 amide bonds. The molecule has 1 aromatic heterocycles. The number of aromatic carboxylic acids is 1. The highest BCUT2D eigenvalue weighted by Crippen LogP contribution is 2.52. The zero-order valence-corrected chi connectivity index (χ0v) is 16.7. The van der Waals surface area contributed by atoms with Gasteiger partial charge in [0, 0.05) is 10.4 Å². The summed E-state index contributed by atoms with van der Waals surface area (Å²) in [6.45, 7) is 0. The minimum Gasteiger partial charge on any atom is -0.478 e.